The van der Waals surface area contributed by atoms with Crippen molar-refractivity contribution in [3.8, 4) is 5.95 Å². The number of para-hydroxylation sites is 1. The molecule has 0 aliphatic heterocycles. The van der Waals surface area contributed by atoms with Gasteiger partial charge >= 0.3 is 0 Å². The molecule has 0 fully saturated rings. The molecule has 0 saturated carbocycles. The Morgan fingerprint density at radius 3 is 2.56 bits per heavy atom. The molecule has 1 N–H and O–H groups in total. The SMILES string of the molecule is O=C(Nc1cc2ccccc2n1-c1ncccn1)c1cccc(Cl)c1. The molecule has 0 spiro atoms. The van der Waals surface area contributed by atoms with Crippen LogP contribution in [0.5, 0.6) is 0 Å². The average molecular weight is 349 g/mol. The van der Waals surface area contributed by atoms with E-state index in [9.17, 15) is 4.79 Å². The fraction of sp³-hybridized carbons (Fsp3) is 0. The smallest absolute Gasteiger partial charge is 0.256 e. The van der Waals surface area contributed by atoms with Crippen molar-refractivity contribution in [3.05, 3.63) is 83.6 Å². The lowest BCUT2D eigenvalue weighted by Crippen LogP contribution is -2.15. The summed E-state index contributed by atoms with van der Waals surface area (Å²) >= 11 is 5.98. The fourth-order valence-electron chi connectivity index (χ4n) is 2.69. The molecule has 0 radical (unpaired) electrons. The van der Waals surface area contributed by atoms with Crippen molar-refractivity contribution in [3.63, 3.8) is 0 Å². The van der Waals surface area contributed by atoms with Gasteiger partial charge in [-0.3, -0.25) is 9.36 Å². The van der Waals surface area contributed by atoms with E-state index in [1.54, 1.807) is 42.7 Å². The molecule has 25 heavy (non-hydrogen) atoms. The Bertz CT molecular complexity index is 1060. The maximum absolute atomic E-state index is 12.6. The van der Waals surface area contributed by atoms with Crippen molar-refractivity contribution in [2.45, 2.75) is 0 Å². The van der Waals surface area contributed by atoms with E-state index in [4.69, 9.17) is 11.6 Å². The molecule has 0 atom stereocenters. The molecule has 6 heteroatoms. The predicted octanol–water partition coefficient (Wildman–Crippen LogP) is 4.33. The first kappa shape index (κ1) is 15.4. The van der Waals surface area contributed by atoms with Gasteiger partial charge in [0.05, 0.1) is 5.52 Å². The third kappa shape index (κ3) is 2.97. The second-order valence-corrected chi connectivity index (χ2v) is 5.87. The zero-order valence-electron chi connectivity index (χ0n) is 13.1. The number of halogens is 1. The highest BCUT2D eigenvalue weighted by Crippen LogP contribution is 2.26. The minimum atomic E-state index is -0.248. The van der Waals surface area contributed by atoms with Crippen molar-refractivity contribution in [1.82, 2.24) is 14.5 Å². The number of anilines is 1. The third-order valence-corrected chi connectivity index (χ3v) is 4.03. The van der Waals surface area contributed by atoms with Crippen LogP contribution in [0.25, 0.3) is 16.9 Å². The van der Waals surface area contributed by atoms with Gasteiger partial charge in [-0.05, 0) is 36.4 Å². The number of hydrogen-bond acceptors (Lipinski definition) is 3. The van der Waals surface area contributed by atoms with Gasteiger partial charge < -0.3 is 5.32 Å². The first-order chi connectivity index (χ1) is 12.2. The van der Waals surface area contributed by atoms with Crippen molar-refractivity contribution >= 4 is 34.2 Å². The van der Waals surface area contributed by atoms with Gasteiger partial charge in [-0.2, -0.15) is 0 Å². The van der Waals surface area contributed by atoms with Crippen LogP contribution in [-0.4, -0.2) is 20.4 Å². The van der Waals surface area contributed by atoms with E-state index in [1.165, 1.54) is 0 Å². The van der Waals surface area contributed by atoms with Crippen LogP contribution in [0.2, 0.25) is 5.02 Å². The van der Waals surface area contributed by atoms with E-state index >= 15 is 0 Å². The predicted molar refractivity (Wildman–Crippen MR) is 98.3 cm³/mol. The minimum Gasteiger partial charge on any atom is -0.308 e. The Morgan fingerprint density at radius 1 is 0.960 bits per heavy atom. The maximum Gasteiger partial charge on any atom is 0.256 e. The number of nitrogens with zero attached hydrogens (tertiary/aromatic N) is 3. The Kier molecular flexibility index (Phi) is 3.91. The Labute approximate surface area is 148 Å². The molecule has 1 amide bonds. The summed E-state index contributed by atoms with van der Waals surface area (Å²) in [5, 5.41) is 4.42. The first-order valence-corrected chi connectivity index (χ1v) is 8.05. The summed E-state index contributed by atoms with van der Waals surface area (Å²) in [4.78, 5) is 21.2. The summed E-state index contributed by atoms with van der Waals surface area (Å²) in [6, 6.07) is 18.3. The van der Waals surface area contributed by atoms with Gasteiger partial charge in [-0.15, -0.1) is 0 Å². The number of benzene rings is 2. The number of rotatable bonds is 3. The van der Waals surface area contributed by atoms with Crippen LogP contribution < -0.4 is 5.32 Å². The van der Waals surface area contributed by atoms with Crippen LogP contribution in [-0.2, 0) is 0 Å². The number of nitrogens with one attached hydrogen (secondary N) is 1. The minimum absolute atomic E-state index is 0.248. The highest BCUT2D eigenvalue weighted by molar-refractivity contribution is 6.31. The van der Waals surface area contributed by atoms with E-state index in [0.29, 0.717) is 22.4 Å². The van der Waals surface area contributed by atoms with E-state index in [-0.39, 0.29) is 5.91 Å². The maximum atomic E-state index is 12.6. The zero-order valence-corrected chi connectivity index (χ0v) is 13.8. The van der Waals surface area contributed by atoms with Crippen LogP contribution in [0.1, 0.15) is 10.4 Å². The number of carbonyl (C=O) groups is 1. The highest BCUT2D eigenvalue weighted by Gasteiger charge is 2.15. The van der Waals surface area contributed by atoms with Crippen LogP contribution in [0.15, 0.2) is 73.1 Å². The average Bonchev–Trinajstić information content (AvgIpc) is 3.00. The van der Waals surface area contributed by atoms with E-state index in [0.717, 1.165) is 10.9 Å². The second-order valence-electron chi connectivity index (χ2n) is 5.44. The van der Waals surface area contributed by atoms with E-state index < -0.39 is 0 Å². The van der Waals surface area contributed by atoms with Gasteiger partial charge in [0.25, 0.3) is 5.91 Å². The standard InChI is InChI=1S/C19H13ClN4O/c20-15-7-3-6-14(11-15)18(25)23-17-12-13-5-1-2-8-16(13)24(17)19-21-9-4-10-22-19/h1-12H,(H,23,25). The monoisotopic (exact) mass is 348 g/mol. The van der Waals surface area contributed by atoms with Gasteiger partial charge in [0.15, 0.2) is 0 Å². The van der Waals surface area contributed by atoms with Crippen LogP contribution in [0.4, 0.5) is 5.82 Å². The molecule has 0 saturated heterocycles. The lowest BCUT2D eigenvalue weighted by atomic mass is 10.2. The topological polar surface area (TPSA) is 59.8 Å². The van der Waals surface area contributed by atoms with E-state index in [1.807, 2.05) is 34.9 Å². The molecule has 0 aliphatic carbocycles. The number of fused-ring (bicyclic) bond motifs is 1. The molecule has 2 aromatic heterocycles. The number of hydrogen-bond donors (Lipinski definition) is 1. The molecular weight excluding hydrogens is 336 g/mol. The van der Waals surface area contributed by atoms with Gasteiger partial charge in [-0.25, -0.2) is 9.97 Å². The van der Waals surface area contributed by atoms with Gasteiger partial charge in [0.1, 0.15) is 5.82 Å². The Hall–Kier alpha value is -3.18. The number of aromatic nitrogens is 3. The van der Waals surface area contributed by atoms with Crippen molar-refractivity contribution in [2.75, 3.05) is 5.32 Å². The van der Waals surface area contributed by atoms with E-state index in [2.05, 4.69) is 15.3 Å². The molecule has 4 rings (SSSR count). The zero-order chi connectivity index (χ0) is 17.2. The molecule has 0 bridgehead atoms. The molecule has 5 nitrogen and oxygen atoms in total. The quantitative estimate of drug-likeness (QED) is 0.599. The van der Waals surface area contributed by atoms with Crippen molar-refractivity contribution in [1.29, 1.82) is 0 Å². The molecule has 122 valence electrons. The van der Waals surface area contributed by atoms with Gasteiger partial charge in [0.2, 0.25) is 5.95 Å². The fourth-order valence-corrected chi connectivity index (χ4v) is 2.88. The molecule has 4 aromatic rings. The lowest BCUT2D eigenvalue weighted by Gasteiger charge is -2.10. The molecule has 2 aromatic carbocycles. The molecule has 0 unspecified atom stereocenters. The molecule has 2 heterocycles. The Morgan fingerprint density at radius 2 is 1.76 bits per heavy atom. The summed E-state index contributed by atoms with van der Waals surface area (Å²) in [5.41, 5.74) is 1.40. The highest BCUT2D eigenvalue weighted by atomic mass is 35.5. The number of carbonyl (C=O) groups excluding carboxylic acids is 1. The third-order valence-electron chi connectivity index (χ3n) is 3.79. The van der Waals surface area contributed by atoms with Crippen LogP contribution in [0.3, 0.4) is 0 Å². The molecule has 0 aliphatic rings. The summed E-state index contributed by atoms with van der Waals surface area (Å²) in [6.07, 6.45) is 3.33. The van der Waals surface area contributed by atoms with Crippen molar-refractivity contribution in [2.24, 2.45) is 0 Å². The summed E-state index contributed by atoms with van der Waals surface area (Å²) in [7, 11) is 0. The largest absolute Gasteiger partial charge is 0.308 e. The van der Waals surface area contributed by atoms with Crippen LogP contribution >= 0.6 is 11.6 Å². The van der Waals surface area contributed by atoms with Crippen molar-refractivity contribution < 1.29 is 4.79 Å². The van der Waals surface area contributed by atoms with Gasteiger partial charge in [0, 0.05) is 28.4 Å². The lowest BCUT2D eigenvalue weighted by molar-refractivity contribution is 0.102. The number of amides is 1. The molecular formula is C19H13ClN4O. The normalized spacial score (nSPS) is 10.8. The van der Waals surface area contributed by atoms with Crippen LogP contribution in [0, 0.1) is 0 Å². The summed E-state index contributed by atoms with van der Waals surface area (Å²) < 4.78 is 1.82. The summed E-state index contributed by atoms with van der Waals surface area (Å²) in [6.45, 7) is 0. The van der Waals surface area contributed by atoms with Gasteiger partial charge in [-0.1, -0.05) is 35.9 Å². The first-order valence-electron chi connectivity index (χ1n) is 7.67. The Balaban J connectivity index is 1.80. The summed E-state index contributed by atoms with van der Waals surface area (Å²) in [5.74, 6) is 0.838. The second kappa shape index (κ2) is 6.37.